The first-order chi connectivity index (χ1) is 12.2. The molecule has 0 amide bonds. The topological polar surface area (TPSA) is 52.8 Å². The standard InChI is InChI=1S/C20H18N4O/c1-14-11-18(25-13-16-7-6-10-21-12-16)22-20-19(14)15(2)23-24(20)17-8-4-3-5-9-17/h3-12H,13H2,1-2H3. The molecule has 0 aliphatic carbocycles. The third-order valence-electron chi connectivity index (χ3n) is 4.10. The van der Waals surface area contributed by atoms with Crippen LogP contribution in [0.2, 0.25) is 0 Å². The summed E-state index contributed by atoms with van der Waals surface area (Å²) in [6.07, 6.45) is 3.54. The number of hydrogen-bond acceptors (Lipinski definition) is 4. The van der Waals surface area contributed by atoms with Gasteiger partial charge in [0, 0.05) is 29.4 Å². The van der Waals surface area contributed by atoms with Crippen LogP contribution < -0.4 is 4.74 Å². The number of fused-ring (bicyclic) bond motifs is 1. The molecule has 0 saturated carbocycles. The van der Waals surface area contributed by atoms with E-state index in [0.717, 1.165) is 33.5 Å². The van der Waals surface area contributed by atoms with Gasteiger partial charge in [-0.3, -0.25) is 4.98 Å². The van der Waals surface area contributed by atoms with Crippen LogP contribution in [0.3, 0.4) is 0 Å². The van der Waals surface area contributed by atoms with Crippen molar-refractivity contribution in [2.24, 2.45) is 0 Å². The van der Waals surface area contributed by atoms with Crippen LogP contribution in [0.4, 0.5) is 0 Å². The second-order valence-electron chi connectivity index (χ2n) is 5.96. The zero-order valence-corrected chi connectivity index (χ0v) is 14.2. The van der Waals surface area contributed by atoms with Crippen molar-refractivity contribution < 1.29 is 4.74 Å². The van der Waals surface area contributed by atoms with Crippen molar-refractivity contribution >= 4 is 11.0 Å². The molecular formula is C20H18N4O. The van der Waals surface area contributed by atoms with Crippen LogP contribution in [0.5, 0.6) is 5.88 Å². The van der Waals surface area contributed by atoms with Crippen molar-refractivity contribution in [3.05, 3.63) is 77.7 Å². The number of nitrogens with zero attached hydrogens (tertiary/aromatic N) is 4. The summed E-state index contributed by atoms with van der Waals surface area (Å²) >= 11 is 0. The van der Waals surface area contributed by atoms with Gasteiger partial charge in [0.1, 0.15) is 6.61 Å². The van der Waals surface area contributed by atoms with E-state index in [-0.39, 0.29) is 0 Å². The highest BCUT2D eigenvalue weighted by molar-refractivity contribution is 5.83. The van der Waals surface area contributed by atoms with Gasteiger partial charge in [-0.15, -0.1) is 0 Å². The lowest BCUT2D eigenvalue weighted by Crippen LogP contribution is -2.01. The average molecular weight is 330 g/mol. The van der Waals surface area contributed by atoms with Crippen LogP contribution in [-0.4, -0.2) is 19.7 Å². The molecule has 0 aliphatic heterocycles. The fourth-order valence-corrected chi connectivity index (χ4v) is 2.94. The van der Waals surface area contributed by atoms with Gasteiger partial charge in [0.15, 0.2) is 5.65 Å². The van der Waals surface area contributed by atoms with Crippen molar-refractivity contribution in [1.29, 1.82) is 0 Å². The molecule has 0 spiro atoms. The molecule has 3 heterocycles. The van der Waals surface area contributed by atoms with Gasteiger partial charge in [-0.05, 0) is 37.6 Å². The van der Waals surface area contributed by atoms with Gasteiger partial charge in [-0.2, -0.15) is 10.1 Å². The summed E-state index contributed by atoms with van der Waals surface area (Å²) in [5.41, 5.74) is 4.87. The fraction of sp³-hybridized carbons (Fsp3) is 0.150. The Morgan fingerprint density at radius 1 is 1.04 bits per heavy atom. The number of rotatable bonds is 4. The molecule has 124 valence electrons. The zero-order valence-electron chi connectivity index (χ0n) is 14.2. The largest absolute Gasteiger partial charge is 0.473 e. The summed E-state index contributed by atoms with van der Waals surface area (Å²) in [6, 6.07) is 15.9. The quantitative estimate of drug-likeness (QED) is 0.567. The van der Waals surface area contributed by atoms with Crippen LogP contribution in [0.15, 0.2) is 60.9 Å². The average Bonchev–Trinajstić information content (AvgIpc) is 2.99. The summed E-state index contributed by atoms with van der Waals surface area (Å²) < 4.78 is 7.76. The molecule has 0 atom stereocenters. The monoisotopic (exact) mass is 330 g/mol. The first-order valence-corrected chi connectivity index (χ1v) is 8.16. The van der Waals surface area contributed by atoms with Crippen LogP contribution in [0, 0.1) is 13.8 Å². The van der Waals surface area contributed by atoms with Crippen molar-refractivity contribution in [3.8, 4) is 11.6 Å². The van der Waals surface area contributed by atoms with Crippen LogP contribution >= 0.6 is 0 Å². The van der Waals surface area contributed by atoms with E-state index in [9.17, 15) is 0 Å². The lowest BCUT2D eigenvalue weighted by molar-refractivity contribution is 0.294. The highest BCUT2D eigenvalue weighted by Crippen LogP contribution is 2.26. The minimum absolute atomic E-state index is 0.435. The molecule has 5 heteroatoms. The lowest BCUT2D eigenvalue weighted by Gasteiger charge is -2.08. The van der Waals surface area contributed by atoms with Crippen molar-refractivity contribution in [2.75, 3.05) is 0 Å². The Kier molecular flexibility index (Phi) is 3.90. The maximum Gasteiger partial charge on any atom is 0.215 e. The molecule has 4 rings (SSSR count). The van der Waals surface area contributed by atoms with Gasteiger partial charge >= 0.3 is 0 Å². The number of benzene rings is 1. The molecule has 0 fully saturated rings. The molecule has 1 aromatic carbocycles. The van der Waals surface area contributed by atoms with Crippen LogP contribution in [0.1, 0.15) is 16.8 Å². The van der Waals surface area contributed by atoms with Crippen LogP contribution in [-0.2, 0) is 6.61 Å². The maximum absolute atomic E-state index is 5.89. The summed E-state index contributed by atoms with van der Waals surface area (Å²) in [5, 5.41) is 5.74. The number of hydrogen-bond donors (Lipinski definition) is 0. The molecule has 5 nitrogen and oxygen atoms in total. The Hall–Kier alpha value is -3.21. The van der Waals surface area contributed by atoms with E-state index in [2.05, 4.69) is 17.0 Å². The molecule has 0 aliphatic rings. The first-order valence-electron chi connectivity index (χ1n) is 8.16. The highest BCUT2D eigenvalue weighted by atomic mass is 16.5. The van der Waals surface area contributed by atoms with Crippen molar-refractivity contribution in [1.82, 2.24) is 19.7 Å². The van der Waals surface area contributed by atoms with Gasteiger partial charge < -0.3 is 4.74 Å². The number of para-hydroxylation sites is 1. The predicted molar refractivity (Wildman–Crippen MR) is 96.9 cm³/mol. The molecule has 4 aromatic rings. The Morgan fingerprint density at radius 3 is 2.64 bits per heavy atom. The van der Waals surface area contributed by atoms with E-state index < -0.39 is 0 Å². The molecule has 0 radical (unpaired) electrons. The minimum Gasteiger partial charge on any atom is -0.473 e. The molecular weight excluding hydrogens is 312 g/mol. The van der Waals surface area contributed by atoms with E-state index >= 15 is 0 Å². The number of pyridine rings is 2. The van der Waals surface area contributed by atoms with Gasteiger partial charge in [0.25, 0.3) is 0 Å². The van der Waals surface area contributed by atoms with E-state index in [1.165, 1.54) is 0 Å². The van der Waals surface area contributed by atoms with Crippen molar-refractivity contribution in [3.63, 3.8) is 0 Å². The van der Waals surface area contributed by atoms with Crippen molar-refractivity contribution in [2.45, 2.75) is 20.5 Å². The summed E-state index contributed by atoms with van der Waals surface area (Å²) in [5.74, 6) is 0.589. The normalized spacial score (nSPS) is 11.0. The summed E-state index contributed by atoms with van der Waals surface area (Å²) in [4.78, 5) is 8.81. The van der Waals surface area contributed by atoms with E-state index in [4.69, 9.17) is 9.72 Å². The summed E-state index contributed by atoms with van der Waals surface area (Å²) in [6.45, 7) is 4.50. The summed E-state index contributed by atoms with van der Waals surface area (Å²) in [7, 11) is 0. The maximum atomic E-state index is 5.89. The smallest absolute Gasteiger partial charge is 0.215 e. The third kappa shape index (κ3) is 2.96. The van der Waals surface area contributed by atoms with E-state index in [1.54, 1.807) is 12.4 Å². The second-order valence-corrected chi connectivity index (χ2v) is 5.96. The number of aromatic nitrogens is 4. The molecule has 0 N–H and O–H groups in total. The first kappa shape index (κ1) is 15.3. The highest BCUT2D eigenvalue weighted by Gasteiger charge is 2.14. The second kappa shape index (κ2) is 6.36. The fourth-order valence-electron chi connectivity index (χ4n) is 2.94. The minimum atomic E-state index is 0.435. The van der Waals surface area contributed by atoms with Crippen LogP contribution in [0.25, 0.3) is 16.7 Å². The molecule has 0 unspecified atom stereocenters. The lowest BCUT2D eigenvalue weighted by atomic mass is 10.2. The molecule has 3 aromatic heterocycles. The molecule has 0 saturated heterocycles. The van der Waals surface area contributed by atoms with Gasteiger partial charge in [0.05, 0.1) is 11.4 Å². The third-order valence-corrected chi connectivity index (χ3v) is 4.10. The molecule has 25 heavy (non-hydrogen) atoms. The molecule has 0 bridgehead atoms. The predicted octanol–water partition coefficient (Wildman–Crippen LogP) is 4.01. The Morgan fingerprint density at radius 2 is 1.88 bits per heavy atom. The van der Waals surface area contributed by atoms with Gasteiger partial charge in [-0.1, -0.05) is 24.3 Å². The Labute approximate surface area is 145 Å². The van der Waals surface area contributed by atoms with E-state index in [0.29, 0.717) is 12.5 Å². The Balaban J connectivity index is 1.75. The van der Waals surface area contributed by atoms with Gasteiger partial charge in [0.2, 0.25) is 5.88 Å². The Bertz CT molecular complexity index is 1010. The number of aryl methyl sites for hydroxylation is 2. The SMILES string of the molecule is Cc1cc(OCc2cccnc2)nc2c1c(C)nn2-c1ccccc1. The zero-order chi connectivity index (χ0) is 17.2. The van der Waals surface area contributed by atoms with Gasteiger partial charge in [-0.25, -0.2) is 4.68 Å². The number of ether oxygens (including phenoxy) is 1. The van der Waals surface area contributed by atoms with E-state index in [1.807, 2.05) is 60.1 Å².